The number of hydrogen-bond acceptors (Lipinski definition) is 4. The molecule has 0 aromatic heterocycles. The summed E-state index contributed by atoms with van der Waals surface area (Å²) in [6.07, 6.45) is 0. The molecular formula is C21H27ClN2O4S. The number of nitrogens with zero attached hydrogens (tertiary/aromatic N) is 1. The van der Waals surface area contributed by atoms with Gasteiger partial charge in [0.2, 0.25) is 10.0 Å². The van der Waals surface area contributed by atoms with Crippen LogP contribution in [-0.4, -0.2) is 38.3 Å². The number of carbonyl (C=O) groups excluding carboxylic acids is 1. The van der Waals surface area contributed by atoms with E-state index in [1.807, 2.05) is 18.2 Å². The molecule has 0 saturated heterocycles. The Morgan fingerprint density at radius 1 is 1.14 bits per heavy atom. The van der Waals surface area contributed by atoms with Crippen LogP contribution in [0.1, 0.15) is 39.2 Å². The summed E-state index contributed by atoms with van der Waals surface area (Å²) in [5, 5.41) is 2.88. The second kappa shape index (κ2) is 10.1. The van der Waals surface area contributed by atoms with Gasteiger partial charge < -0.3 is 10.1 Å². The van der Waals surface area contributed by atoms with Crippen molar-refractivity contribution in [1.82, 2.24) is 4.31 Å². The van der Waals surface area contributed by atoms with Gasteiger partial charge in [-0.3, -0.25) is 4.79 Å². The van der Waals surface area contributed by atoms with Crippen LogP contribution in [0.4, 0.5) is 5.69 Å². The first-order valence-electron chi connectivity index (χ1n) is 9.51. The Kier molecular flexibility index (Phi) is 8.07. The van der Waals surface area contributed by atoms with Crippen molar-refractivity contribution in [3.8, 4) is 5.75 Å². The molecule has 0 aliphatic rings. The van der Waals surface area contributed by atoms with E-state index in [4.69, 9.17) is 16.3 Å². The van der Waals surface area contributed by atoms with Crippen LogP contribution in [0.5, 0.6) is 5.75 Å². The molecule has 0 unspecified atom stereocenters. The van der Waals surface area contributed by atoms with E-state index < -0.39 is 15.9 Å². The van der Waals surface area contributed by atoms with Gasteiger partial charge in [-0.15, -0.1) is 0 Å². The molecule has 0 saturated carbocycles. The van der Waals surface area contributed by atoms with Crippen LogP contribution < -0.4 is 10.1 Å². The number of amides is 1. The van der Waals surface area contributed by atoms with Crippen LogP contribution in [0, 0.1) is 0 Å². The molecule has 29 heavy (non-hydrogen) atoms. The van der Waals surface area contributed by atoms with Crippen LogP contribution >= 0.6 is 11.6 Å². The first kappa shape index (κ1) is 23.2. The Morgan fingerprint density at radius 3 is 2.45 bits per heavy atom. The highest BCUT2D eigenvalue weighted by atomic mass is 35.5. The molecule has 158 valence electrons. The Morgan fingerprint density at radius 2 is 1.83 bits per heavy atom. The number of ether oxygens (including phenoxy) is 1. The number of halogens is 1. The van der Waals surface area contributed by atoms with E-state index in [0.717, 1.165) is 5.56 Å². The zero-order valence-corrected chi connectivity index (χ0v) is 18.7. The van der Waals surface area contributed by atoms with Gasteiger partial charge in [-0.2, -0.15) is 4.31 Å². The van der Waals surface area contributed by atoms with Gasteiger partial charge in [0.25, 0.3) is 5.91 Å². The van der Waals surface area contributed by atoms with Crippen molar-refractivity contribution >= 4 is 33.2 Å². The fourth-order valence-electron chi connectivity index (χ4n) is 2.77. The first-order valence-corrected chi connectivity index (χ1v) is 11.3. The Hall–Kier alpha value is -2.09. The second-order valence-electron chi connectivity index (χ2n) is 6.80. The molecule has 1 amide bonds. The number of anilines is 1. The van der Waals surface area contributed by atoms with Gasteiger partial charge in [-0.25, -0.2) is 8.42 Å². The molecular weight excluding hydrogens is 412 g/mol. The van der Waals surface area contributed by atoms with Crippen molar-refractivity contribution in [2.24, 2.45) is 0 Å². The average molecular weight is 439 g/mol. The van der Waals surface area contributed by atoms with Gasteiger partial charge in [0.1, 0.15) is 5.75 Å². The number of nitrogens with one attached hydrogen (secondary N) is 1. The smallest absolute Gasteiger partial charge is 0.262 e. The monoisotopic (exact) mass is 438 g/mol. The number of sulfonamides is 1. The highest BCUT2D eigenvalue weighted by Crippen LogP contribution is 2.27. The Bertz CT molecular complexity index is 957. The fraction of sp³-hybridized carbons (Fsp3) is 0.381. The van der Waals surface area contributed by atoms with Crippen molar-refractivity contribution in [1.29, 1.82) is 0 Å². The zero-order chi connectivity index (χ0) is 21.6. The predicted octanol–water partition coefficient (Wildman–Crippen LogP) is 4.51. The van der Waals surface area contributed by atoms with Crippen molar-refractivity contribution in [2.45, 2.75) is 38.5 Å². The lowest BCUT2D eigenvalue weighted by molar-refractivity contribution is -0.118. The normalized spacial score (nSPS) is 11.7. The molecule has 0 fully saturated rings. The number of benzene rings is 2. The maximum absolute atomic E-state index is 12.7. The summed E-state index contributed by atoms with van der Waals surface area (Å²) in [4.78, 5) is 12.4. The molecule has 2 aromatic carbocycles. The molecule has 0 atom stereocenters. The van der Waals surface area contributed by atoms with Crippen LogP contribution in [0.15, 0.2) is 47.4 Å². The van der Waals surface area contributed by atoms with Crippen molar-refractivity contribution in [3.63, 3.8) is 0 Å². The minimum Gasteiger partial charge on any atom is -0.484 e. The molecule has 8 heteroatoms. The number of rotatable bonds is 9. The molecule has 0 heterocycles. The van der Waals surface area contributed by atoms with E-state index in [1.165, 1.54) is 22.5 Å². The summed E-state index contributed by atoms with van der Waals surface area (Å²) >= 11 is 6.15. The molecule has 0 aliphatic heterocycles. The van der Waals surface area contributed by atoms with Gasteiger partial charge >= 0.3 is 0 Å². The summed E-state index contributed by atoms with van der Waals surface area (Å²) < 4.78 is 32.3. The van der Waals surface area contributed by atoms with Gasteiger partial charge in [0.05, 0.1) is 15.6 Å². The lowest BCUT2D eigenvalue weighted by Crippen LogP contribution is -2.30. The molecule has 0 spiro atoms. The van der Waals surface area contributed by atoms with Gasteiger partial charge in [-0.05, 0) is 41.8 Å². The molecule has 2 aromatic rings. The third-order valence-electron chi connectivity index (χ3n) is 4.45. The summed E-state index contributed by atoms with van der Waals surface area (Å²) in [6, 6.07) is 11.8. The lowest BCUT2D eigenvalue weighted by Gasteiger charge is -2.19. The van der Waals surface area contributed by atoms with Gasteiger partial charge in [0, 0.05) is 13.1 Å². The largest absolute Gasteiger partial charge is 0.484 e. The zero-order valence-electron chi connectivity index (χ0n) is 17.1. The Labute approximate surface area is 177 Å². The van der Waals surface area contributed by atoms with E-state index in [1.54, 1.807) is 19.9 Å². The fourth-order valence-corrected chi connectivity index (χ4v) is 4.42. The van der Waals surface area contributed by atoms with E-state index in [9.17, 15) is 13.2 Å². The molecule has 0 aliphatic carbocycles. The lowest BCUT2D eigenvalue weighted by atomic mass is 10.0. The summed E-state index contributed by atoms with van der Waals surface area (Å²) in [5.41, 5.74) is 1.34. The molecule has 2 rings (SSSR count). The third kappa shape index (κ3) is 5.95. The maximum Gasteiger partial charge on any atom is 0.262 e. The van der Waals surface area contributed by atoms with E-state index in [-0.39, 0.29) is 22.2 Å². The van der Waals surface area contributed by atoms with Crippen LogP contribution in [0.25, 0.3) is 0 Å². The summed E-state index contributed by atoms with van der Waals surface area (Å²) in [6.45, 7) is 8.18. The highest BCUT2D eigenvalue weighted by Gasteiger charge is 2.22. The topological polar surface area (TPSA) is 75.7 Å². The molecule has 0 radical (unpaired) electrons. The van der Waals surface area contributed by atoms with Gasteiger partial charge in [-0.1, -0.05) is 51.4 Å². The number of hydrogen-bond donors (Lipinski definition) is 1. The van der Waals surface area contributed by atoms with E-state index >= 15 is 0 Å². The van der Waals surface area contributed by atoms with Crippen molar-refractivity contribution in [2.75, 3.05) is 25.0 Å². The minimum atomic E-state index is -3.65. The quantitative estimate of drug-likeness (QED) is 0.624. The molecule has 0 bridgehead atoms. The van der Waals surface area contributed by atoms with Crippen molar-refractivity contribution in [3.05, 3.63) is 53.1 Å². The molecule has 1 N–H and O–H groups in total. The van der Waals surface area contributed by atoms with Crippen LogP contribution in [0.2, 0.25) is 5.02 Å². The average Bonchev–Trinajstić information content (AvgIpc) is 2.69. The Balaban J connectivity index is 2.11. The highest BCUT2D eigenvalue weighted by molar-refractivity contribution is 7.89. The third-order valence-corrected chi connectivity index (χ3v) is 6.83. The molecule has 6 nitrogen and oxygen atoms in total. The second-order valence-corrected chi connectivity index (χ2v) is 9.14. The number of carbonyl (C=O) groups is 1. The minimum absolute atomic E-state index is 0.0754. The van der Waals surface area contributed by atoms with E-state index in [0.29, 0.717) is 24.8 Å². The van der Waals surface area contributed by atoms with Crippen molar-refractivity contribution < 1.29 is 17.9 Å². The standard InChI is InChI=1S/C21H27ClN2O4S/c1-5-24(6-2)29(26,27)18-10-11-19(22)20(13-18)23-21(25)14-28-17-9-7-8-16(12-17)15(3)4/h7-13,15H,5-6,14H2,1-4H3,(H,23,25). The van der Waals surface area contributed by atoms with Gasteiger partial charge in [0.15, 0.2) is 6.61 Å². The van der Waals surface area contributed by atoms with Crippen LogP contribution in [0.3, 0.4) is 0 Å². The van der Waals surface area contributed by atoms with Crippen LogP contribution in [-0.2, 0) is 14.8 Å². The van der Waals surface area contributed by atoms with E-state index in [2.05, 4.69) is 19.2 Å². The summed E-state index contributed by atoms with van der Waals surface area (Å²) in [7, 11) is -3.65. The predicted molar refractivity (Wildman–Crippen MR) is 116 cm³/mol. The first-order chi connectivity index (χ1) is 13.7. The maximum atomic E-state index is 12.7. The SMILES string of the molecule is CCN(CC)S(=O)(=O)c1ccc(Cl)c(NC(=O)COc2cccc(C(C)C)c2)c1. The summed E-state index contributed by atoms with van der Waals surface area (Å²) in [5.74, 6) is 0.510.